The second-order valence-electron chi connectivity index (χ2n) is 11.6. The Kier molecular flexibility index (Phi) is 9.13. The Morgan fingerprint density at radius 2 is 1.97 bits per heavy atom. The number of nitrogens with one attached hydrogen (secondary N) is 1. The van der Waals surface area contributed by atoms with Crippen LogP contribution in [0, 0.1) is 11.7 Å². The smallest absolute Gasteiger partial charge is 0.144 e. The number of pyridine rings is 1. The van der Waals surface area contributed by atoms with Crippen LogP contribution in [0.5, 0.6) is 5.75 Å². The summed E-state index contributed by atoms with van der Waals surface area (Å²) in [6, 6.07) is 8.74. The minimum atomic E-state index is -1.29. The molecule has 0 amide bonds. The molecule has 1 aliphatic carbocycles. The highest BCUT2D eigenvalue weighted by molar-refractivity contribution is 5.47. The highest BCUT2D eigenvalue weighted by atomic mass is 19.1. The molecule has 1 N–H and O–H groups in total. The predicted molar refractivity (Wildman–Crippen MR) is 146 cm³/mol. The summed E-state index contributed by atoms with van der Waals surface area (Å²) in [6.07, 6.45) is 9.32. The van der Waals surface area contributed by atoms with Gasteiger partial charge in [0, 0.05) is 36.8 Å². The zero-order valence-corrected chi connectivity index (χ0v) is 22.5. The molecule has 3 heterocycles. The van der Waals surface area contributed by atoms with Gasteiger partial charge in [0.1, 0.15) is 35.8 Å². The highest BCUT2D eigenvalue weighted by Gasteiger charge is 2.33. The first-order valence-corrected chi connectivity index (χ1v) is 14.7. The van der Waals surface area contributed by atoms with Gasteiger partial charge in [0.25, 0.3) is 0 Å². The zero-order chi connectivity index (χ0) is 26.4. The van der Waals surface area contributed by atoms with Gasteiger partial charge in [0.05, 0.1) is 0 Å². The molecule has 2 unspecified atom stereocenters. The minimum absolute atomic E-state index is 0.00431. The molecule has 0 bridgehead atoms. The summed E-state index contributed by atoms with van der Waals surface area (Å²) in [7, 11) is 0. The van der Waals surface area contributed by atoms with E-state index in [1.54, 1.807) is 6.07 Å². The molecule has 1 aromatic heterocycles. The van der Waals surface area contributed by atoms with Gasteiger partial charge in [0.15, 0.2) is 0 Å². The number of nitrogens with zero attached hydrogens (tertiary/aromatic N) is 2. The van der Waals surface area contributed by atoms with Crippen LogP contribution in [0.4, 0.5) is 19.0 Å². The van der Waals surface area contributed by atoms with Crippen molar-refractivity contribution in [2.45, 2.75) is 95.4 Å². The average Bonchev–Trinajstić information content (AvgIpc) is 3.39. The lowest BCUT2D eigenvalue weighted by Crippen LogP contribution is -2.33. The molecule has 1 aromatic carbocycles. The van der Waals surface area contributed by atoms with Crippen LogP contribution in [0.2, 0.25) is 0 Å². The van der Waals surface area contributed by atoms with Crippen molar-refractivity contribution < 1.29 is 17.9 Å². The van der Waals surface area contributed by atoms with E-state index < -0.39 is 11.8 Å². The molecule has 7 heteroatoms. The lowest BCUT2D eigenvalue weighted by atomic mass is 9.87. The number of rotatable bonds is 11. The van der Waals surface area contributed by atoms with E-state index in [-0.39, 0.29) is 18.3 Å². The summed E-state index contributed by atoms with van der Waals surface area (Å²) in [4.78, 5) is 6.92. The van der Waals surface area contributed by atoms with Crippen molar-refractivity contribution in [3.8, 4) is 5.75 Å². The number of anilines is 1. The Morgan fingerprint density at radius 3 is 2.84 bits per heavy atom. The fraction of sp³-hybridized carbons (Fsp3) is 0.645. The number of ether oxygens (including phenoxy) is 1. The van der Waals surface area contributed by atoms with Crippen molar-refractivity contribution >= 4 is 5.82 Å². The Hall–Kier alpha value is -2.28. The molecule has 1 saturated carbocycles. The van der Waals surface area contributed by atoms with Gasteiger partial charge in [-0.05, 0) is 87.7 Å². The van der Waals surface area contributed by atoms with E-state index in [1.807, 2.05) is 0 Å². The normalized spacial score (nSPS) is 22.0. The topological polar surface area (TPSA) is 37.4 Å². The van der Waals surface area contributed by atoms with Gasteiger partial charge >= 0.3 is 0 Å². The van der Waals surface area contributed by atoms with Crippen molar-refractivity contribution in [2.24, 2.45) is 5.92 Å². The van der Waals surface area contributed by atoms with Crippen molar-refractivity contribution in [2.75, 3.05) is 31.6 Å². The first kappa shape index (κ1) is 27.3. The van der Waals surface area contributed by atoms with Gasteiger partial charge in [-0.25, -0.2) is 18.2 Å². The standard InChI is InChI=1S/C31H42F3N3O/c32-26-11-13-29(38-22-31(34)15-4-1-5-16-31)25(19-26)21-37-18-14-24(20-37)28(33)9-3-2-8-27-12-10-23-7-6-17-35-30(23)36-27/h10-13,19,24,28H,1-9,14-18,20-22H2,(H,35,36). The summed E-state index contributed by atoms with van der Waals surface area (Å²) >= 11 is 0. The molecule has 2 fully saturated rings. The molecule has 2 aromatic rings. The number of benzene rings is 1. The van der Waals surface area contributed by atoms with Crippen LogP contribution in [0.3, 0.4) is 0 Å². The molecule has 2 atom stereocenters. The van der Waals surface area contributed by atoms with Crippen molar-refractivity contribution in [3.05, 3.63) is 53.0 Å². The fourth-order valence-electron chi connectivity index (χ4n) is 6.28. The van der Waals surface area contributed by atoms with Gasteiger partial charge in [-0.15, -0.1) is 0 Å². The molecule has 5 rings (SSSR count). The van der Waals surface area contributed by atoms with Crippen molar-refractivity contribution in [1.29, 1.82) is 0 Å². The quantitative estimate of drug-likeness (QED) is 0.312. The number of hydrogen-bond donors (Lipinski definition) is 1. The lowest BCUT2D eigenvalue weighted by molar-refractivity contribution is 0.0468. The Balaban J connectivity index is 1.06. The molecule has 208 valence electrons. The average molecular weight is 530 g/mol. The first-order valence-electron chi connectivity index (χ1n) is 14.7. The molecular formula is C31H42F3N3O. The number of fused-ring (bicyclic) bond motifs is 1. The van der Waals surface area contributed by atoms with Gasteiger partial charge in [-0.2, -0.15) is 0 Å². The molecule has 2 aliphatic heterocycles. The summed E-state index contributed by atoms with van der Waals surface area (Å²) in [6.45, 7) is 2.92. The summed E-state index contributed by atoms with van der Waals surface area (Å²) in [5, 5.41) is 3.38. The van der Waals surface area contributed by atoms with Crippen LogP contribution >= 0.6 is 0 Å². The second kappa shape index (κ2) is 12.7. The number of alkyl halides is 2. The van der Waals surface area contributed by atoms with E-state index in [0.29, 0.717) is 43.7 Å². The third-order valence-corrected chi connectivity index (χ3v) is 8.59. The van der Waals surface area contributed by atoms with E-state index in [1.165, 1.54) is 17.7 Å². The van der Waals surface area contributed by atoms with E-state index in [0.717, 1.165) is 82.4 Å². The minimum Gasteiger partial charge on any atom is -0.490 e. The maximum Gasteiger partial charge on any atom is 0.144 e. The first-order chi connectivity index (χ1) is 18.5. The van der Waals surface area contributed by atoms with E-state index in [9.17, 15) is 4.39 Å². The highest BCUT2D eigenvalue weighted by Crippen LogP contribution is 2.34. The Bertz CT molecular complexity index is 1060. The third kappa shape index (κ3) is 7.22. The van der Waals surface area contributed by atoms with Gasteiger partial charge < -0.3 is 10.1 Å². The predicted octanol–water partition coefficient (Wildman–Crippen LogP) is 7.20. The largest absolute Gasteiger partial charge is 0.490 e. The second-order valence-corrected chi connectivity index (χ2v) is 11.6. The molecule has 0 spiro atoms. The van der Waals surface area contributed by atoms with Crippen LogP contribution in [-0.2, 0) is 19.4 Å². The summed E-state index contributed by atoms with van der Waals surface area (Å²) in [5.41, 5.74) is 1.79. The summed E-state index contributed by atoms with van der Waals surface area (Å²) < 4.78 is 50.1. The van der Waals surface area contributed by atoms with Crippen LogP contribution in [0.1, 0.15) is 81.0 Å². The van der Waals surface area contributed by atoms with E-state index >= 15 is 8.78 Å². The number of unbranched alkanes of at least 4 members (excludes halogenated alkanes) is 1. The zero-order valence-electron chi connectivity index (χ0n) is 22.5. The van der Waals surface area contributed by atoms with Gasteiger partial charge in [0.2, 0.25) is 0 Å². The SMILES string of the molecule is Fc1ccc(OCC2(F)CCCCC2)c(CN2CCC(C(F)CCCCc3ccc4c(n3)NCCC4)C2)c1. The number of hydrogen-bond acceptors (Lipinski definition) is 4. The number of halogens is 3. The summed E-state index contributed by atoms with van der Waals surface area (Å²) in [5.74, 6) is 1.23. The lowest BCUT2D eigenvalue weighted by Gasteiger charge is -2.29. The Labute approximate surface area is 225 Å². The van der Waals surface area contributed by atoms with Crippen LogP contribution in [0.15, 0.2) is 30.3 Å². The molecule has 38 heavy (non-hydrogen) atoms. The van der Waals surface area contributed by atoms with Gasteiger partial charge in [-0.1, -0.05) is 31.7 Å². The van der Waals surface area contributed by atoms with Crippen molar-refractivity contribution in [3.63, 3.8) is 0 Å². The molecular weight excluding hydrogens is 487 g/mol. The fourth-order valence-corrected chi connectivity index (χ4v) is 6.28. The maximum absolute atomic E-state index is 15.1. The van der Waals surface area contributed by atoms with Crippen LogP contribution < -0.4 is 10.1 Å². The monoisotopic (exact) mass is 529 g/mol. The molecule has 0 radical (unpaired) electrons. The van der Waals surface area contributed by atoms with Crippen LogP contribution in [-0.4, -0.2) is 48.0 Å². The van der Waals surface area contributed by atoms with Crippen LogP contribution in [0.25, 0.3) is 0 Å². The van der Waals surface area contributed by atoms with E-state index in [4.69, 9.17) is 9.72 Å². The number of aromatic nitrogens is 1. The number of aryl methyl sites for hydroxylation is 2. The molecule has 4 nitrogen and oxygen atoms in total. The maximum atomic E-state index is 15.1. The molecule has 3 aliphatic rings. The third-order valence-electron chi connectivity index (χ3n) is 8.59. The van der Waals surface area contributed by atoms with Crippen molar-refractivity contribution in [1.82, 2.24) is 9.88 Å². The number of likely N-dealkylation sites (tertiary alicyclic amines) is 1. The Morgan fingerprint density at radius 1 is 1.11 bits per heavy atom. The van der Waals surface area contributed by atoms with Gasteiger partial charge in [-0.3, -0.25) is 4.90 Å². The molecule has 1 saturated heterocycles. The van der Waals surface area contributed by atoms with E-state index in [2.05, 4.69) is 22.3 Å².